The number of hydrogen-bond donors (Lipinski definition) is 0. The predicted octanol–water partition coefficient (Wildman–Crippen LogP) is 2.67. The molecule has 0 N–H and O–H groups in total. The maximum atomic E-state index is 13.1. The molecule has 0 aliphatic carbocycles. The summed E-state index contributed by atoms with van der Waals surface area (Å²) in [7, 11) is 1.99. The largest absolute Gasteiger partial charge is 0.380 e. The molecule has 2 rings (SSSR count). The van der Waals surface area contributed by atoms with E-state index in [9.17, 15) is 4.39 Å². The Hall–Kier alpha value is -1.85. The minimum atomic E-state index is -0.247. The van der Waals surface area contributed by atoms with Gasteiger partial charge < -0.3 is 4.74 Å². The number of rotatable bonds is 7. The van der Waals surface area contributed by atoms with Crippen molar-refractivity contribution in [2.75, 3.05) is 26.8 Å². The van der Waals surface area contributed by atoms with Crippen LogP contribution in [0.3, 0.4) is 0 Å². The Bertz CT molecular complexity index is 533. The molecular weight excluding hydrogens is 269 g/mol. The van der Waals surface area contributed by atoms with Crippen molar-refractivity contribution in [3.8, 4) is 0 Å². The second kappa shape index (κ2) is 7.81. The van der Waals surface area contributed by atoms with Crippen LogP contribution in [-0.4, -0.2) is 41.7 Å². The third-order valence-electron chi connectivity index (χ3n) is 3.25. The van der Waals surface area contributed by atoms with Gasteiger partial charge in [0.25, 0.3) is 0 Å². The first-order valence-electron chi connectivity index (χ1n) is 7.02. The van der Waals surface area contributed by atoms with E-state index in [-0.39, 0.29) is 11.9 Å². The summed E-state index contributed by atoms with van der Waals surface area (Å²) in [5, 5.41) is 0. The highest BCUT2D eigenvalue weighted by Gasteiger charge is 2.21. The van der Waals surface area contributed by atoms with Crippen molar-refractivity contribution in [3.05, 3.63) is 59.9 Å². The normalized spacial score (nSPS) is 12.6. The molecule has 1 heterocycles. The fourth-order valence-electron chi connectivity index (χ4n) is 2.18. The van der Waals surface area contributed by atoms with Crippen LogP contribution in [0, 0.1) is 5.82 Å². The molecule has 4 nitrogen and oxygen atoms in total. The first-order chi connectivity index (χ1) is 10.2. The van der Waals surface area contributed by atoms with Gasteiger partial charge >= 0.3 is 0 Å². The average molecular weight is 289 g/mol. The number of aromatic nitrogens is 2. The van der Waals surface area contributed by atoms with Crippen LogP contribution in [0.25, 0.3) is 0 Å². The molecule has 0 aliphatic heterocycles. The third kappa shape index (κ3) is 4.31. The molecule has 1 atom stereocenters. The van der Waals surface area contributed by atoms with E-state index < -0.39 is 0 Å². The van der Waals surface area contributed by atoms with Crippen LogP contribution in [0.4, 0.5) is 4.39 Å². The molecule has 0 amide bonds. The minimum Gasteiger partial charge on any atom is -0.380 e. The Labute approximate surface area is 124 Å². The molecule has 2 aromatic rings. The highest BCUT2D eigenvalue weighted by molar-refractivity contribution is 5.25. The molecule has 21 heavy (non-hydrogen) atoms. The van der Waals surface area contributed by atoms with E-state index in [1.165, 1.54) is 12.1 Å². The SMILES string of the molecule is CCOCCN(C)C(c1ccc(F)cc1)c1ncccn1. The lowest BCUT2D eigenvalue weighted by Gasteiger charge is -2.27. The Morgan fingerprint density at radius 1 is 1.19 bits per heavy atom. The van der Waals surface area contributed by atoms with Gasteiger partial charge in [-0.2, -0.15) is 0 Å². The van der Waals surface area contributed by atoms with Crippen LogP contribution < -0.4 is 0 Å². The van der Waals surface area contributed by atoms with Crippen LogP contribution in [0.5, 0.6) is 0 Å². The van der Waals surface area contributed by atoms with Gasteiger partial charge in [-0.1, -0.05) is 12.1 Å². The standard InChI is InChI=1S/C16H20FN3O/c1-3-21-12-11-20(2)15(16-18-9-4-10-19-16)13-5-7-14(17)8-6-13/h4-10,15H,3,11-12H2,1-2H3. The topological polar surface area (TPSA) is 38.2 Å². The number of likely N-dealkylation sites (N-methyl/N-ethyl adjacent to an activating group) is 1. The summed E-state index contributed by atoms with van der Waals surface area (Å²) in [4.78, 5) is 10.8. The van der Waals surface area contributed by atoms with Gasteiger partial charge in [-0.3, -0.25) is 4.90 Å². The van der Waals surface area contributed by atoms with Crippen molar-refractivity contribution >= 4 is 0 Å². The summed E-state index contributed by atoms with van der Waals surface area (Å²) in [6.07, 6.45) is 3.43. The fourth-order valence-corrected chi connectivity index (χ4v) is 2.18. The van der Waals surface area contributed by atoms with Crippen LogP contribution >= 0.6 is 0 Å². The molecule has 0 fully saturated rings. The van der Waals surface area contributed by atoms with Gasteiger partial charge in [0.15, 0.2) is 0 Å². The Morgan fingerprint density at radius 2 is 1.86 bits per heavy atom. The quantitative estimate of drug-likeness (QED) is 0.735. The zero-order valence-corrected chi connectivity index (χ0v) is 12.4. The number of benzene rings is 1. The van der Waals surface area contributed by atoms with Crippen LogP contribution in [0.15, 0.2) is 42.7 Å². The van der Waals surface area contributed by atoms with Crippen molar-refractivity contribution in [3.63, 3.8) is 0 Å². The maximum Gasteiger partial charge on any atom is 0.149 e. The molecule has 0 spiro atoms. The van der Waals surface area contributed by atoms with Crippen LogP contribution in [0.2, 0.25) is 0 Å². The molecule has 112 valence electrons. The van der Waals surface area contributed by atoms with Crippen LogP contribution in [-0.2, 0) is 4.74 Å². The van der Waals surface area contributed by atoms with Gasteiger partial charge in [0.05, 0.1) is 12.6 Å². The van der Waals surface area contributed by atoms with E-state index in [1.807, 2.05) is 14.0 Å². The van der Waals surface area contributed by atoms with E-state index in [0.29, 0.717) is 19.0 Å². The summed E-state index contributed by atoms with van der Waals surface area (Å²) in [6, 6.07) is 8.13. The minimum absolute atomic E-state index is 0.118. The first-order valence-corrected chi connectivity index (χ1v) is 7.02. The Morgan fingerprint density at radius 3 is 2.48 bits per heavy atom. The molecule has 5 heteroatoms. The van der Waals surface area contributed by atoms with E-state index in [4.69, 9.17) is 4.74 Å². The van der Waals surface area contributed by atoms with Crippen molar-refractivity contribution in [2.24, 2.45) is 0 Å². The predicted molar refractivity (Wildman–Crippen MR) is 79.4 cm³/mol. The van der Waals surface area contributed by atoms with Gasteiger partial charge in [0, 0.05) is 25.5 Å². The van der Waals surface area contributed by atoms with Crippen LogP contribution in [0.1, 0.15) is 24.4 Å². The summed E-state index contributed by atoms with van der Waals surface area (Å²) >= 11 is 0. The van der Waals surface area contributed by atoms with Crippen molar-refractivity contribution < 1.29 is 9.13 Å². The van der Waals surface area contributed by atoms with E-state index in [1.54, 1.807) is 30.6 Å². The third-order valence-corrected chi connectivity index (χ3v) is 3.25. The lowest BCUT2D eigenvalue weighted by molar-refractivity contribution is 0.112. The average Bonchev–Trinajstić information content (AvgIpc) is 2.51. The van der Waals surface area contributed by atoms with Crippen molar-refractivity contribution in [1.29, 1.82) is 0 Å². The second-order valence-electron chi connectivity index (χ2n) is 4.74. The van der Waals surface area contributed by atoms with Gasteiger partial charge in [0.2, 0.25) is 0 Å². The maximum absolute atomic E-state index is 13.1. The monoisotopic (exact) mass is 289 g/mol. The Balaban J connectivity index is 2.24. The van der Waals surface area contributed by atoms with Crippen molar-refractivity contribution in [2.45, 2.75) is 13.0 Å². The molecule has 1 aromatic heterocycles. The van der Waals surface area contributed by atoms with E-state index in [0.717, 1.165) is 12.1 Å². The van der Waals surface area contributed by atoms with Gasteiger partial charge in [-0.05, 0) is 37.7 Å². The van der Waals surface area contributed by atoms with Gasteiger partial charge in [0.1, 0.15) is 11.6 Å². The lowest BCUT2D eigenvalue weighted by Crippen LogP contribution is -2.30. The Kier molecular flexibility index (Phi) is 5.78. The summed E-state index contributed by atoms with van der Waals surface area (Å²) in [5.41, 5.74) is 0.960. The molecule has 0 saturated carbocycles. The molecule has 0 aliphatic rings. The highest BCUT2D eigenvalue weighted by atomic mass is 19.1. The summed E-state index contributed by atoms with van der Waals surface area (Å²) in [6.45, 7) is 4.04. The molecule has 0 radical (unpaired) electrons. The zero-order valence-electron chi connectivity index (χ0n) is 12.4. The number of ether oxygens (including phenoxy) is 1. The molecule has 1 aromatic carbocycles. The summed E-state index contributed by atoms with van der Waals surface area (Å²) in [5.74, 6) is 0.451. The first kappa shape index (κ1) is 15.5. The number of nitrogens with zero attached hydrogens (tertiary/aromatic N) is 3. The van der Waals surface area contributed by atoms with E-state index >= 15 is 0 Å². The number of hydrogen-bond acceptors (Lipinski definition) is 4. The second-order valence-corrected chi connectivity index (χ2v) is 4.74. The summed E-state index contributed by atoms with van der Waals surface area (Å²) < 4.78 is 18.5. The molecule has 0 saturated heterocycles. The zero-order chi connectivity index (χ0) is 15.1. The van der Waals surface area contributed by atoms with Gasteiger partial charge in [-0.15, -0.1) is 0 Å². The fraction of sp³-hybridized carbons (Fsp3) is 0.375. The van der Waals surface area contributed by atoms with Crippen molar-refractivity contribution in [1.82, 2.24) is 14.9 Å². The lowest BCUT2D eigenvalue weighted by atomic mass is 10.0. The smallest absolute Gasteiger partial charge is 0.149 e. The molecular formula is C16H20FN3O. The van der Waals surface area contributed by atoms with E-state index in [2.05, 4.69) is 14.9 Å². The highest BCUT2D eigenvalue weighted by Crippen LogP contribution is 2.24. The van der Waals surface area contributed by atoms with Gasteiger partial charge in [-0.25, -0.2) is 14.4 Å². The number of halogens is 1. The molecule has 0 bridgehead atoms. The molecule has 1 unspecified atom stereocenters.